The number of piperazine rings is 1. The molecule has 0 saturated carbocycles. The monoisotopic (exact) mass is 467 g/mol. The van der Waals surface area contributed by atoms with Crippen LogP contribution < -0.4 is 4.74 Å². The number of carbonyl (C=O) groups is 1. The summed E-state index contributed by atoms with van der Waals surface area (Å²) in [6.45, 7) is 12.4. The summed E-state index contributed by atoms with van der Waals surface area (Å²) in [4.78, 5) is 20.9. The van der Waals surface area contributed by atoms with Crippen molar-refractivity contribution < 1.29 is 14.3 Å². The average molecular weight is 468 g/mol. The van der Waals surface area contributed by atoms with Gasteiger partial charge in [-0.25, -0.2) is 9.78 Å². The molecule has 2 aromatic carbocycles. The summed E-state index contributed by atoms with van der Waals surface area (Å²) in [6.07, 6.45) is 0.651. The second-order valence-electron chi connectivity index (χ2n) is 9.52. The van der Waals surface area contributed by atoms with Gasteiger partial charge in [0, 0.05) is 45.2 Å². The summed E-state index contributed by atoms with van der Waals surface area (Å²) in [6, 6.07) is 14.9. The van der Waals surface area contributed by atoms with Crippen molar-refractivity contribution in [3.8, 4) is 5.75 Å². The van der Waals surface area contributed by atoms with E-state index >= 15 is 0 Å². The van der Waals surface area contributed by atoms with Crippen LogP contribution >= 0.6 is 11.3 Å². The maximum atomic E-state index is 12.2. The van der Waals surface area contributed by atoms with E-state index in [9.17, 15) is 4.79 Å². The fourth-order valence-corrected chi connectivity index (χ4v) is 4.69. The normalized spacial score (nSPS) is 15.1. The number of hydrogen-bond donors (Lipinski definition) is 0. The van der Waals surface area contributed by atoms with Crippen molar-refractivity contribution in [3.63, 3.8) is 0 Å². The van der Waals surface area contributed by atoms with Crippen molar-refractivity contribution in [2.45, 2.75) is 46.3 Å². The van der Waals surface area contributed by atoms with Gasteiger partial charge in [0.05, 0.1) is 21.8 Å². The van der Waals surface area contributed by atoms with Gasteiger partial charge in [0.25, 0.3) is 0 Å². The van der Waals surface area contributed by atoms with Crippen LogP contribution in [0.25, 0.3) is 10.2 Å². The highest BCUT2D eigenvalue weighted by molar-refractivity contribution is 7.18. The molecule has 0 bridgehead atoms. The molecule has 0 spiro atoms. The van der Waals surface area contributed by atoms with Crippen LogP contribution in [0, 0.1) is 6.92 Å². The zero-order chi connectivity index (χ0) is 23.4. The number of aryl methyl sites for hydroxylation is 1. The highest BCUT2D eigenvalue weighted by atomic mass is 32.1. The number of rotatable bonds is 6. The van der Waals surface area contributed by atoms with Crippen molar-refractivity contribution in [2.75, 3.05) is 32.8 Å². The molecule has 3 aromatic rings. The van der Waals surface area contributed by atoms with Gasteiger partial charge in [0.1, 0.15) is 11.4 Å². The Kier molecular flexibility index (Phi) is 7.20. The Hall–Kier alpha value is -2.64. The Morgan fingerprint density at radius 2 is 1.73 bits per heavy atom. The number of carbonyl (C=O) groups excluding carboxylic acids is 1. The molecule has 1 aliphatic heterocycles. The number of aromatic nitrogens is 1. The molecule has 0 aliphatic carbocycles. The first kappa shape index (κ1) is 23.5. The summed E-state index contributed by atoms with van der Waals surface area (Å²) in [5.41, 5.74) is 3.11. The van der Waals surface area contributed by atoms with Crippen LogP contribution in [0.3, 0.4) is 0 Å². The minimum Gasteiger partial charge on any atom is -0.493 e. The minimum absolute atomic E-state index is 0.213. The van der Waals surface area contributed by atoms with Gasteiger partial charge in [-0.2, -0.15) is 0 Å². The largest absolute Gasteiger partial charge is 0.493 e. The molecule has 1 fully saturated rings. The first-order chi connectivity index (χ1) is 15.7. The predicted molar refractivity (Wildman–Crippen MR) is 133 cm³/mol. The number of hydrogen-bond acceptors (Lipinski definition) is 6. The SMILES string of the molecule is Cc1nc2cc(OCCc3ccc(CN4CCN(C(=O)OC(C)(C)C)CC4)cc3)ccc2s1. The van der Waals surface area contributed by atoms with Gasteiger partial charge in [-0.15, -0.1) is 11.3 Å². The lowest BCUT2D eigenvalue weighted by Gasteiger charge is -2.35. The lowest BCUT2D eigenvalue weighted by molar-refractivity contribution is 0.0139. The van der Waals surface area contributed by atoms with Crippen molar-refractivity contribution in [3.05, 3.63) is 58.6 Å². The summed E-state index contributed by atoms with van der Waals surface area (Å²) in [7, 11) is 0. The molecule has 4 rings (SSSR count). The highest BCUT2D eigenvalue weighted by Crippen LogP contribution is 2.25. The smallest absolute Gasteiger partial charge is 0.410 e. The molecule has 6 nitrogen and oxygen atoms in total. The van der Waals surface area contributed by atoms with Gasteiger partial charge in [0.2, 0.25) is 0 Å². The number of nitrogens with zero attached hydrogens (tertiary/aromatic N) is 3. The molecule has 0 radical (unpaired) electrons. The van der Waals surface area contributed by atoms with E-state index in [0.29, 0.717) is 19.7 Å². The summed E-state index contributed by atoms with van der Waals surface area (Å²) in [5.74, 6) is 0.870. The third kappa shape index (κ3) is 6.68. The second kappa shape index (κ2) is 10.1. The first-order valence-corrected chi connectivity index (χ1v) is 12.3. The molecule has 2 heterocycles. The molecule has 0 unspecified atom stereocenters. The third-order valence-electron chi connectivity index (χ3n) is 5.58. The van der Waals surface area contributed by atoms with Gasteiger partial charge in [-0.05, 0) is 51.0 Å². The van der Waals surface area contributed by atoms with E-state index in [1.165, 1.54) is 15.8 Å². The first-order valence-electron chi connectivity index (χ1n) is 11.5. The number of ether oxygens (including phenoxy) is 2. The Bertz CT molecular complexity index is 1080. The quantitative estimate of drug-likeness (QED) is 0.494. The number of amides is 1. The van der Waals surface area contributed by atoms with E-state index < -0.39 is 5.60 Å². The summed E-state index contributed by atoms with van der Waals surface area (Å²) in [5, 5.41) is 1.08. The Morgan fingerprint density at radius 1 is 1.03 bits per heavy atom. The Labute approximate surface area is 200 Å². The zero-order valence-corrected chi connectivity index (χ0v) is 20.8. The molecule has 7 heteroatoms. The molecule has 1 aromatic heterocycles. The van der Waals surface area contributed by atoms with Crippen LogP contribution in [0.1, 0.15) is 36.9 Å². The van der Waals surface area contributed by atoms with Gasteiger partial charge >= 0.3 is 6.09 Å². The number of fused-ring (bicyclic) bond motifs is 1. The minimum atomic E-state index is -0.449. The summed E-state index contributed by atoms with van der Waals surface area (Å²) >= 11 is 1.71. The Morgan fingerprint density at radius 3 is 2.42 bits per heavy atom. The molecular weight excluding hydrogens is 434 g/mol. The molecule has 1 amide bonds. The van der Waals surface area contributed by atoms with Crippen LogP contribution in [0.5, 0.6) is 5.75 Å². The van der Waals surface area contributed by atoms with Crippen molar-refractivity contribution in [2.24, 2.45) is 0 Å². The maximum Gasteiger partial charge on any atom is 0.410 e. The van der Waals surface area contributed by atoms with Crippen LogP contribution in [-0.2, 0) is 17.7 Å². The fraction of sp³-hybridized carbons (Fsp3) is 0.462. The van der Waals surface area contributed by atoms with E-state index in [4.69, 9.17) is 9.47 Å². The van der Waals surface area contributed by atoms with Crippen LogP contribution in [0.4, 0.5) is 4.79 Å². The van der Waals surface area contributed by atoms with E-state index in [1.54, 1.807) is 16.2 Å². The zero-order valence-electron chi connectivity index (χ0n) is 20.0. The maximum absolute atomic E-state index is 12.2. The van der Waals surface area contributed by atoms with Crippen molar-refractivity contribution in [1.29, 1.82) is 0 Å². The molecule has 176 valence electrons. The average Bonchev–Trinajstić information content (AvgIpc) is 3.13. The second-order valence-corrected chi connectivity index (χ2v) is 10.8. The van der Waals surface area contributed by atoms with Crippen LogP contribution in [0.2, 0.25) is 0 Å². The van der Waals surface area contributed by atoms with Gasteiger partial charge < -0.3 is 14.4 Å². The summed E-state index contributed by atoms with van der Waals surface area (Å²) < 4.78 is 12.6. The molecule has 33 heavy (non-hydrogen) atoms. The topological polar surface area (TPSA) is 54.9 Å². The van der Waals surface area contributed by atoms with Gasteiger partial charge in [0.15, 0.2) is 0 Å². The molecular formula is C26H33N3O3S. The number of thiazole rings is 1. The third-order valence-corrected chi connectivity index (χ3v) is 6.53. The lowest BCUT2D eigenvalue weighted by atomic mass is 10.1. The molecule has 1 aliphatic rings. The van der Waals surface area contributed by atoms with Crippen molar-refractivity contribution in [1.82, 2.24) is 14.8 Å². The lowest BCUT2D eigenvalue weighted by Crippen LogP contribution is -2.49. The molecule has 0 atom stereocenters. The standard InChI is InChI=1S/C26H33N3O3S/c1-19-27-23-17-22(9-10-24(23)33-19)31-16-11-20-5-7-21(8-6-20)18-28-12-14-29(15-13-28)25(30)32-26(2,3)4/h5-10,17H,11-16,18H2,1-4H3. The van der Waals surface area contributed by atoms with E-state index in [-0.39, 0.29) is 6.09 Å². The molecule has 1 saturated heterocycles. The van der Waals surface area contributed by atoms with Crippen LogP contribution in [0.15, 0.2) is 42.5 Å². The van der Waals surface area contributed by atoms with E-state index in [1.807, 2.05) is 39.8 Å². The predicted octanol–water partition coefficient (Wildman–Crippen LogP) is 5.28. The number of benzene rings is 2. The van der Waals surface area contributed by atoms with E-state index in [2.05, 4.69) is 40.2 Å². The van der Waals surface area contributed by atoms with Gasteiger partial charge in [-0.3, -0.25) is 4.90 Å². The van der Waals surface area contributed by atoms with Gasteiger partial charge in [-0.1, -0.05) is 24.3 Å². The van der Waals surface area contributed by atoms with E-state index in [0.717, 1.165) is 42.3 Å². The highest BCUT2D eigenvalue weighted by Gasteiger charge is 2.25. The van der Waals surface area contributed by atoms with Crippen LogP contribution in [-0.4, -0.2) is 59.3 Å². The Balaban J connectivity index is 1.20. The fourth-order valence-electron chi connectivity index (χ4n) is 3.88. The molecule has 0 N–H and O–H groups in total. The van der Waals surface area contributed by atoms with Crippen molar-refractivity contribution >= 4 is 27.6 Å².